The lowest BCUT2D eigenvalue weighted by Gasteiger charge is -2.12. The van der Waals surface area contributed by atoms with Crippen molar-refractivity contribution in [1.29, 1.82) is 0 Å². The van der Waals surface area contributed by atoms with Gasteiger partial charge < -0.3 is 9.67 Å². The van der Waals surface area contributed by atoms with Crippen LogP contribution in [0.4, 0.5) is 0 Å². The molecule has 0 saturated carbocycles. The minimum atomic E-state index is -0.774. The van der Waals surface area contributed by atoms with Gasteiger partial charge in [-0.3, -0.25) is 4.79 Å². The lowest BCUT2D eigenvalue weighted by molar-refractivity contribution is -0.136. The number of aromatic nitrogens is 1. The Morgan fingerprint density at radius 3 is 2.79 bits per heavy atom. The molecule has 0 bridgehead atoms. The Labute approximate surface area is 113 Å². The zero-order valence-electron chi connectivity index (χ0n) is 11.6. The van der Waals surface area contributed by atoms with Gasteiger partial charge in [0, 0.05) is 23.6 Å². The van der Waals surface area contributed by atoms with Crippen molar-refractivity contribution in [2.24, 2.45) is 5.92 Å². The molecule has 3 heteroatoms. The van der Waals surface area contributed by atoms with Crippen LogP contribution in [-0.2, 0) is 17.8 Å². The Morgan fingerprint density at radius 2 is 2.11 bits per heavy atom. The molecule has 0 saturated heterocycles. The summed E-state index contributed by atoms with van der Waals surface area (Å²) >= 11 is 0. The van der Waals surface area contributed by atoms with Gasteiger partial charge in [0.05, 0.1) is 6.42 Å². The lowest BCUT2D eigenvalue weighted by Crippen LogP contribution is -2.06. The molecular formula is C16H21NO2. The predicted molar refractivity (Wildman–Crippen MR) is 77.3 cm³/mol. The van der Waals surface area contributed by atoms with Gasteiger partial charge in [-0.05, 0) is 24.0 Å². The molecule has 1 atom stereocenters. The van der Waals surface area contributed by atoms with Crippen LogP contribution in [0.5, 0.6) is 0 Å². The highest BCUT2D eigenvalue weighted by Gasteiger charge is 2.12. The van der Waals surface area contributed by atoms with E-state index >= 15 is 0 Å². The molecule has 1 aromatic carbocycles. The summed E-state index contributed by atoms with van der Waals surface area (Å²) in [6.45, 7) is 5.39. The number of carboxylic acid groups (broad SMARTS) is 1. The second kappa shape index (κ2) is 5.91. The summed E-state index contributed by atoms with van der Waals surface area (Å²) < 4.78 is 2.20. The molecule has 0 radical (unpaired) electrons. The monoisotopic (exact) mass is 259 g/mol. The summed E-state index contributed by atoms with van der Waals surface area (Å²) in [6, 6.07) is 8.05. The Balaban J connectivity index is 2.35. The van der Waals surface area contributed by atoms with Gasteiger partial charge in [-0.25, -0.2) is 0 Å². The number of para-hydroxylation sites is 1. The van der Waals surface area contributed by atoms with E-state index in [0.29, 0.717) is 5.92 Å². The molecule has 2 rings (SSSR count). The van der Waals surface area contributed by atoms with Gasteiger partial charge in [-0.15, -0.1) is 0 Å². The number of carboxylic acids is 1. The van der Waals surface area contributed by atoms with E-state index in [1.165, 1.54) is 12.8 Å². The van der Waals surface area contributed by atoms with Crippen LogP contribution in [0.1, 0.15) is 32.3 Å². The summed E-state index contributed by atoms with van der Waals surface area (Å²) in [5.74, 6) is -0.164. The summed E-state index contributed by atoms with van der Waals surface area (Å²) in [7, 11) is 0. The number of hydrogen-bond acceptors (Lipinski definition) is 1. The number of hydrogen-bond donors (Lipinski definition) is 1. The van der Waals surface area contributed by atoms with Gasteiger partial charge in [0.2, 0.25) is 0 Å². The first kappa shape index (κ1) is 13.7. The van der Waals surface area contributed by atoms with Gasteiger partial charge >= 0.3 is 5.97 Å². The highest BCUT2D eigenvalue weighted by atomic mass is 16.4. The first-order valence-corrected chi connectivity index (χ1v) is 6.90. The molecule has 0 spiro atoms. The average Bonchev–Trinajstić information content (AvgIpc) is 2.68. The van der Waals surface area contributed by atoms with Crippen molar-refractivity contribution in [3.63, 3.8) is 0 Å². The lowest BCUT2D eigenvalue weighted by atomic mass is 10.1. The van der Waals surface area contributed by atoms with Crippen LogP contribution in [0, 0.1) is 5.92 Å². The fourth-order valence-corrected chi connectivity index (χ4v) is 2.70. The third-order valence-corrected chi connectivity index (χ3v) is 3.50. The molecule has 1 unspecified atom stereocenters. The number of nitrogens with zero attached hydrogens (tertiary/aromatic N) is 1. The zero-order valence-corrected chi connectivity index (χ0v) is 11.6. The van der Waals surface area contributed by atoms with Crippen molar-refractivity contribution in [3.05, 3.63) is 36.0 Å². The van der Waals surface area contributed by atoms with Gasteiger partial charge in [0.25, 0.3) is 0 Å². The van der Waals surface area contributed by atoms with E-state index in [0.717, 1.165) is 23.0 Å². The summed E-state index contributed by atoms with van der Waals surface area (Å²) in [4.78, 5) is 10.9. The molecule has 102 valence electrons. The SMILES string of the molecule is CCCC(C)Cn1cc(CC(=O)O)c2ccccc21. The van der Waals surface area contributed by atoms with Crippen molar-refractivity contribution in [2.75, 3.05) is 0 Å². The van der Waals surface area contributed by atoms with E-state index < -0.39 is 5.97 Å². The summed E-state index contributed by atoms with van der Waals surface area (Å²) in [5, 5.41) is 10.1. The van der Waals surface area contributed by atoms with E-state index in [1.54, 1.807) is 0 Å². The van der Waals surface area contributed by atoms with Crippen LogP contribution in [0.2, 0.25) is 0 Å². The van der Waals surface area contributed by atoms with Crippen LogP contribution < -0.4 is 0 Å². The maximum atomic E-state index is 10.9. The smallest absolute Gasteiger partial charge is 0.307 e. The Morgan fingerprint density at radius 1 is 1.37 bits per heavy atom. The van der Waals surface area contributed by atoms with Crippen molar-refractivity contribution in [2.45, 2.75) is 39.7 Å². The van der Waals surface area contributed by atoms with E-state index in [9.17, 15) is 4.79 Å². The van der Waals surface area contributed by atoms with Crippen LogP contribution in [-0.4, -0.2) is 15.6 Å². The zero-order chi connectivity index (χ0) is 13.8. The van der Waals surface area contributed by atoms with E-state index in [1.807, 2.05) is 24.4 Å². The van der Waals surface area contributed by atoms with Crippen LogP contribution in [0.15, 0.2) is 30.5 Å². The summed E-state index contributed by atoms with van der Waals surface area (Å²) in [5.41, 5.74) is 2.05. The minimum Gasteiger partial charge on any atom is -0.481 e. The standard InChI is InChI=1S/C16H21NO2/c1-3-6-12(2)10-17-11-13(9-16(18)19)14-7-4-5-8-15(14)17/h4-5,7-8,11-12H,3,6,9-10H2,1-2H3,(H,18,19). The number of fused-ring (bicyclic) bond motifs is 1. The fraction of sp³-hybridized carbons (Fsp3) is 0.438. The molecule has 3 nitrogen and oxygen atoms in total. The first-order valence-electron chi connectivity index (χ1n) is 6.90. The molecule has 0 amide bonds. The van der Waals surface area contributed by atoms with Gasteiger partial charge in [0.15, 0.2) is 0 Å². The number of rotatable bonds is 6. The molecule has 0 fully saturated rings. The third-order valence-electron chi connectivity index (χ3n) is 3.50. The minimum absolute atomic E-state index is 0.0929. The maximum Gasteiger partial charge on any atom is 0.307 e. The third kappa shape index (κ3) is 3.16. The molecule has 0 aliphatic carbocycles. The van der Waals surface area contributed by atoms with Crippen molar-refractivity contribution < 1.29 is 9.90 Å². The summed E-state index contributed by atoms with van der Waals surface area (Å²) in [6.07, 6.45) is 4.48. The Hall–Kier alpha value is -1.77. The van der Waals surface area contributed by atoms with Gasteiger partial charge in [-0.2, -0.15) is 0 Å². The molecule has 0 aliphatic rings. The van der Waals surface area contributed by atoms with Crippen LogP contribution >= 0.6 is 0 Å². The molecule has 1 heterocycles. The highest BCUT2D eigenvalue weighted by molar-refractivity contribution is 5.87. The average molecular weight is 259 g/mol. The predicted octanol–water partition coefficient (Wildman–Crippen LogP) is 3.70. The molecule has 1 aromatic heterocycles. The van der Waals surface area contributed by atoms with E-state index in [4.69, 9.17) is 5.11 Å². The van der Waals surface area contributed by atoms with Crippen molar-refractivity contribution in [1.82, 2.24) is 4.57 Å². The van der Waals surface area contributed by atoms with Crippen LogP contribution in [0.3, 0.4) is 0 Å². The largest absolute Gasteiger partial charge is 0.481 e. The first-order chi connectivity index (χ1) is 9.11. The topological polar surface area (TPSA) is 42.2 Å². The van der Waals surface area contributed by atoms with E-state index in [2.05, 4.69) is 24.5 Å². The maximum absolute atomic E-state index is 10.9. The fourth-order valence-electron chi connectivity index (χ4n) is 2.70. The second-order valence-electron chi connectivity index (χ2n) is 5.29. The number of carbonyl (C=O) groups is 1. The molecule has 1 N–H and O–H groups in total. The quantitative estimate of drug-likeness (QED) is 0.859. The van der Waals surface area contributed by atoms with E-state index in [-0.39, 0.29) is 6.42 Å². The molecule has 19 heavy (non-hydrogen) atoms. The molecule has 0 aliphatic heterocycles. The van der Waals surface area contributed by atoms with Crippen molar-refractivity contribution in [3.8, 4) is 0 Å². The van der Waals surface area contributed by atoms with Crippen molar-refractivity contribution >= 4 is 16.9 Å². The van der Waals surface area contributed by atoms with Crippen LogP contribution in [0.25, 0.3) is 10.9 Å². The molecule has 2 aromatic rings. The highest BCUT2D eigenvalue weighted by Crippen LogP contribution is 2.23. The Kier molecular flexibility index (Phi) is 4.25. The van der Waals surface area contributed by atoms with Gasteiger partial charge in [-0.1, -0.05) is 38.5 Å². The number of aliphatic carboxylic acids is 1. The normalized spacial score (nSPS) is 12.7. The molecular weight excluding hydrogens is 238 g/mol. The Bertz CT molecular complexity index is 571. The van der Waals surface area contributed by atoms with Gasteiger partial charge in [0.1, 0.15) is 0 Å². The second-order valence-corrected chi connectivity index (χ2v) is 5.29. The number of benzene rings is 1.